The zero-order chi connectivity index (χ0) is 10.9. The van der Waals surface area contributed by atoms with Gasteiger partial charge in [0.05, 0.1) is 10.9 Å². The zero-order valence-electron chi connectivity index (χ0n) is 6.65. The van der Waals surface area contributed by atoms with Crippen LogP contribution in [0.4, 0.5) is 13.2 Å². The fourth-order valence-electron chi connectivity index (χ4n) is 0.913. The van der Waals surface area contributed by atoms with Crippen LogP contribution in [0.25, 0.3) is 0 Å². The number of hydrogen-bond acceptors (Lipinski definition) is 1. The second-order valence-electron chi connectivity index (χ2n) is 2.53. The minimum atomic E-state index is -1.62. The molecule has 0 aliphatic rings. The van der Waals surface area contributed by atoms with Gasteiger partial charge in [0.2, 0.25) is 0 Å². The molecule has 0 aromatic heterocycles. The van der Waals surface area contributed by atoms with Gasteiger partial charge in [-0.3, -0.25) is 4.79 Å². The maximum Gasteiger partial charge on any atom is 0.307 e. The lowest BCUT2D eigenvalue weighted by Gasteiger charge is -2.04. The van der Waals surface area contributed by atoms with Gasteiger partial charge in [-0.1, -0.05) is 0 Å². The van der Waals surface area contributed by atoms with E-state index in [0.29, 0.717) is 6.07 Å². The molecule has 6 heteroatoms. The van der Waals surface area contributed by atoms with E-state index in [9.17, 15) is 18.0 Å². The molecule has 0 aliphatic carbocycles. The van der Waals surface area contributed by atoms with Gasteiger partial charge in [0, 0.05) is 0 Å². The van der Waals surface area contributed by atoms with Gasteiger partial charge >= 0.3 is 5.97 Å². The Bertz CT molecular complexity index is 393. The van der Waals surface area contributed by atoms with Gasteiger partial charge in [0.1, 0.15) is 0 Å². The molecule has 0 unspecified atom stereocenters. The van der Waals surface area contributed by atoms with Gasteiger partial charge in [-0.15, -0.1) is 0 Å². The number of rotatable bonds is 2. The first-order valence-corrected chi connectivity index (χ1v) is 4.26. The SMILES string of the molecule is O=C(O)Cc1cc(F)c(F)c(F)c1Br. The van der Waals surface area contributed by atoms with E-state index in [2.05, 4.69) is 15.9 Å². The van der Waals surface area contributed by atoms with E-state index in [1.54, 1.807) is 0 Å². The van der Waals surface area contributed by atoms with Gasteiger partial charge in [-0.2, -0.15) is 0 Å². The molecule has 0 saturated heterocycles. The third-order valence-corrected chi connectivity index (χ3v) is 2.38. The van der Waals surface area contributed by atoms with Crippen molar-refractivity contribution in [3.05, 3.63) is 33.6 Å². The minimum Gasteiger partial charge on any atom is -0.481 e. The average molecular weight is 269 g/mol. The van der Waals surface area contributed by atoms with Gasteiger partial charge in [0.25, 0.3) is 0 Å². The lowest BCUT2D eigenvalue weighted by atomic mass is 10.1. The highest BCUT2D eigenvalue weighted by Gasteiger charge is 2.17. The number of aliphatic carboxylic acids is 1. The largest absolute Gasteiger partial charge is 0.481 e. The monoisotopic (exact) mass is 268 g/mol. The van der Waals surface area contributed by atoms with Gasteiger partial charge in [-0.25, -0.2) is 13.2 Å². The molecule has 0 saturated carbocycles. The minimum absolute atomic E-state index is 0.145. The van der Waals surface area contributed by atoms with Crippen molar-refractivity contribution in [2.24, 2.45) is 0 Å². The third-order valence-electron chi connectivity index (χ3n) is 1.52. The first kappa shape index (κ1) is 11.0. The van der Waals surface area contributed by atoms with Crippen LogP contribution in [-0.4, -0.2) is 11.1 Å². The molecular formula is C8H4BrF3O2. The summed E-state index contributed by atoms with van der Waals surface area (Å²) in [6.45, 7) is 0. The van der Waals surface area contributed by atoms with Crippen LogP contribution in [0.15, 0.2) is 10.5 Å². The third kappa shape index (κ3) is 2.06. The molecule has 76 valence electrons. The Kier molecular flexibility index (Phi) is 3.15. The van der Waals surface area contributed by atoms with Crippen molar-refractivity contribution in [3.63, 3.8) is 0 Å². The van der Waals surface area contributed by atoms with Crippen LogP contribution in [0, 0.1) is 17.5 Å². The summed E-state index contributed by atoms with van der Waals surface area (Å²) in [5, 5.41) is 8.38. The van der Waals surface area contributed by atoms with E-state index in [-0.39, 0.29) is 10.0 Å². The predicted octanol–water partition coefficient (Wildman–Crippen LogP) is 2.49. The molecule has 0 atom stereocenters. The van der Waals surface area contributed by atoms with Crippen molar-refractivity contribution in [1.82, 2.24) is 0 Å². The topological polar surface area (TPSA) is 37.3 Å². The summed E-state index contributed by atoms with van der Waals surface area (Å²) in [7, 11) is 0. The van der Waals surface area contributed by atoms with E-state index >= 15 is 0 Å². The van der Waals surface area contributed by atoms with Crippen LogP contribution in [0.5, 0.6) is 0 Å². The summed E-state index contributed by atoms with van der Waals surface area (Å²) in [5.41, 5.74) is -0.145. The molecule has 14 heavy (non-hydrogen) atoms. The molecule has 1 aromatic carbocycles. The van der Waals surface area contributed by atoms with Crippen LogP contribution in [0.2, 0.25) is 0 Å². The van der Waals surface area contributed by atoms with Crippen molar-refractivity contribution < 1.29 is 23.1 Å². The molecule has 0 fully saturated rings. The molecule has 0 spiro atoms. The standard InChI is InChI=1S/C8H4BrF3O2/c9-6-3(2-5(13)14)1-4(10)7(11)8(6)12/h1H,2H2,(H,13,14). The summed E-state index contributed by atoms with van der Waals surface area (Å²) < 4.78 is 37.7. The number of hydrogen-bond donors (Lipinski definition) is 1. The van der Waals surface area contributed by atoms with Gasteiger partial charge in [-0.05, 0) is 27.6 Å². The molecule has 1 aromatic rings. The van der Waals surface area contributed by atoms with Crippen molar-refractivity contribution >= 4 is 21.9 Å². The van der Waals surface area contributed by atoms with Crippen LogP contribution < -0.4 is 0 Å². The van der Waals surface area contributed by atoms with Crippen molar-refractivity contribution in [2.45, 2.75) is 6.42 Å². The Morgan fingerprint density at radius 3 is 2.43 bits per heavy atom. The Morgan fingerprint density at radius 1 is 1.36 bits per heavy atom. The Hall–Kier alpha value is -1.04. The first-order chi connectivity index (χ1) is 6.43. The zero-order valence-corrected chi connectivity index (χ0v) is 8.24. The number of carbonyl (C=O) groups is 1. The molecule has 0 aliphatic heterocycles. The normalized spacial score (nSPS) is 10.3. The van der Waals surface area contributed by atoms with Gasteiger partial charge in [0.15, 0.2) is 17.5 Å². The van der Waals surface area contributed by atoms with E-state index in [1.165, 1.54) is 0 Å². The molecule has 0 amide bonds. The Balaban J connectivity index is 3.25. The number of carboxylic acids is 1. The Labute approximate surface area is 85.5 Å². The average Bonchev–Trinajstić information content (AvgIpc) is 2.10. The van der Waals surface area contributed by atoms with Crippen LogP contribution >= 0.6 is 15.9 Å². The summed E-state index contributed by atoms with van der Waals surface area (Å²) in [6, 6.07) is 0.649. The lowest BCUT2D eigenvalue weighted by molar-refractivity contribution is -0.136. The highest BCUT2D eigenvalue weighted by Crippen LogP contribution is 2.25. The smallest absolute Gasteiger partial charge is 0.307 e. The van der Waals surface area contributed by atoms with Gasteiger partial charge < -0.3 is 5.11 Å². The van der Waals surface area contributed by atoms with Crippen molar-refractivity contribution in [3.8, 4) is 0 Å². The molecule has 1 rings (SSSR count). The van der Waals surface area contributed by atoms with Crippen LogP contribution in [0.1, 0.15) is 5.56 Å². The number of carboxylic acid groups (broad SMARTS) is 1. The molecular weight excluding hydrogens is 265 g/mol. The number of halogens is 4. The fourth-order valence-corrected chi connectivity index (χ4v) is 1.34. The number of benzene rings is 1. The predicted molar refractivity (Wildman–Crippen MR) is 45.4 cm³/mol. The first-order valence-electron chi connectivity index (χ1n) is 3.47. The van der Waals surface area contributed by atoms with E-state index in [4.69, 9.17) is 5.11 Å². The second kappa shape index (κ2) is 4.00. The molecule has 1 N–H and O–H groups in total. The van der Waals surface area contributed by atoms with Crippen LogP contribution in [0.3, 0.4) is 0 Å². The highest BCUT2D eigenvalue weighted by atomic mass is 79.9. The van der Waals surface area contributed by atoms with E-state index in [0.717, 1.165) is 0 Å². The quantitative estimate of drug-likeness (QED) is 0.661. The van der Waals surface area contributed by atoms with Crippen molar-refractivity contribution in [1.29, 1.82) is 0 Å². The van der Waals surface area contributed by atoms with Crippen molar-refractivity contribution in [2.75, 3.05) is 0 Å². The summed E-state index contributed by atoms with van der Waals surface area (Å²) in [6.07, 6.45) is -0.575. The maximum atomic E-state index is 12.8. The summed E-state index contributed by atoms with van der Waals surface area (Å²) >= 11 is 2.65. The summed E-state index contributed by atoms with van der Waals surface area (Å²) in [4.78, 5) is 10.3. The lowest BCUT2D eigenvalue weighted by Crippen LogP contribution is -2.04. The van der Waals surface area contributed by atoms with Crippen LogP contribution in [-0.2, 0) is 11.2 Å². The highest BCUT2D eigenvalue weighted by molar-refractivity contribution is 9.10. The fraction of sp³-hybridized carbons (Fsp3) is 0.125. The maximum absolute atomic E-state index is 12.8. The van der Waals surface area contributed by atoms with E-state index in [1.807, 2.05) is 0 Å². The molecule has 0 bridgehead atoms. The molecule has 0 heterocycles. The van der Waals surface area contributed by atoms with E-state index < -0.39 is 29.8 Å². The summed E-state index contributed by atoms with van der Waals surface area (Å²) in [5.74, 6) is -5.69. The molecule has 2 nitrogen and oxygen atoms in total. The molecule has 0 radical (unpaired) electrons. The Morgan fingerprint density at radius 2 is 1.93 bits per heavy atom. The second-order valence-corrected chi connectivity index (χ2v) is 3.32.